The minimum absolute atomic E-state index is 0.00701. The van der Waals surface area contributed by atoms with Gasteiger partial charge in [-0.05, 0) is 30.0 Å². The molecule has 3 aliphatic heterocycles. The molecule has 8 nitrogen and oxygen atoms in total. The van der Waals surface area contributed by atoms with Gasteiger partial charge in [0, 0.05) is 51.0 Å². The lowest BCUT2D eigenvalue weighted by Gasteiger charge is -2.49. The summed E-state index contributed by atoms with van der Waals surface area (Å²) in [5.41, 5.74) is 3.53. The predicted octanol–water partition coefficient (Wildman–Crippen LogP) is 1.58. The highest BCUT2D eigenvalue weighted by atomic mass is 16.5. The summed E-state index contributed by atoms with van der Waals surface area (Å²) in [5, 5.41) is 3.20. The van der Waals surface area contributed by atoms with Gasteiger partial charge in [0.1, 0.15) is 5.75 Å². The van der Waals surface area contributed by atoms with Crippen LogP contribution in [0.3, 0.4) is 0 Å². The van der Waals surface area contributed by atoms with Crippen molar-refractivity contribution in [3.63, 3.8) is 0 Å². The maximum Gasteiger partial charge on any atom is 0.236 e. The molecule has 36 heavy (non-hydrogen) atoms. The van der Waals surface area contributed by atoms with Gasteiger partial charge >= 0.3 is 0 Å². The normalized spacial score (nSPS) is 21.9. The number of ether oxygens (including phenoxy) is 2. The number of carbonyl (C=O) groups excluding carboxylic acids is 2. The van der Waals surface area contributed by atoms with Crippen LogP contribution in [0.2, 0.25) is 0 Å². The number of piperazine rings is 1. The van der Waals surface area contributed by atoms with E-state index in [9.17, 15) is 9.59 Å². The Kier molecular flexibility index (Phi) is 7.72. The minimum Gasteiger partial charge on any atom is -0.497 e. The standard InChI is InChI=1S/C28H36N4O4/c1-35-23-8-7-22-17-24(28(34)29-10-9-21-5-3-2-4-6-21)26-19-30(11-12-32(26)25(22)18-23)20-27(33)31-13-15-36-16-14-31/h2-8,18,24,26H,9-17,19-20H2,1H3,(H,29,34)/t24-,26-/m0/s1. The number of morpholine rings is 1. The number of rotatable bonds is 7. The first-order valence-electron chi connectivity index (χ1n) is 13.0. The van der Waals surface area contributed by atoms with Gasteiger partial charge < -0.3 is 24.6 Å². The van der Waals surface area contributed by atoms with E-state index >= 15 is 0 Å². The van der Waals surface area contributed by atoms with Crippen LogP contribution in [0.4, 0.5) is 5.69 Å². The van der Waals surface area contributed by atoms with Gasteiger partial charge in [0.25, 0.3) is 0 Å². The van der Waals surface area contributed by atoms with Crippen LogP contribution < -0.4 is 15.0 Å². The Morgan fingerprint density at radius 1 is 1.06 bits per heavy atom. The second kappa shape index (κ2) is 11.3. The molecule has 3 aliphatic rings. The lowest BCUT2D eigenvalue weighted by Crippen LogP contribution is -2.62. The first-order chi connectivity index (χ1) is 17.6. The average Bonchev–Trinajstić information content (AvgIpc) is 2.93. The van der Waals surface area contributed by atoms with Gasteiger partial charge in [-0.1, -0.05) is 36.4 Å². The average molecular weight is 493 g/mol. The predicted molar refractivity (Wildman–Crippen MR) is 138 cm³/mol. The number of benzene rings is 2. The summed E-state index contributed by atoms with van der Waals surface area (Å²) in [5.74, 6) is 0.878. The number of hydrogen-bond donors (Lipinski definition) is 1. The summed E-state index contributed by atoms with van der Waals surface area (Å²) in [6, 6.07) is 16.4. The summed E-state index contributed by atoms with van der Waals surface area (Å²) in [6.45, 7) is 5.75. The summed E-state index contributed by atoms with van der Waals surface area (Å²) >= 11 is 0. The molecule has 2 aromatic carbocycles. The van der Waals surface area contributed by atoms with Gasteiger partial charge in [0.15, 0.2) is 0 Å². The second-order valence-corrected chi connectivity index (χ2v) is 9.82. The zero-order valence-corrected chi connectivity index (χ0v) is 21.0. The second-order valence-electron chi connectivity index (χ2n) is 9.82. The molecule has 2 atom stereocenters. The SMILES string of the molecule is COc1ccc2c(c1)N1CCN(CC(=O)N3CCOCC3)C[C@H]1[C@@H](C(=O)NCCc1ccccc1)C2. The Hall–Kier alpha value is -3.10. The van der Waals surface area contributed by atoms with Crippen LogP contribution in [-0.4, -0.2) is 93.8 Å². The number of methoxy groups -OCH3 is 1. The topological polar surface area (TPSA) is 74.3 Å². The Morgan fingerprint density at radius 3 is 2.64 bits per heavy atom. The maximum absolute atomic E-state index is 13.5. The van der Waals surface area contributed by atoms with E-state index in [1.807, 2.05) is 29.2 Å². The monoisotopic (exact) mass is 492 g/mol. The third-order valence-corrected chi connectivity index (χ3v) is 7.62. The fourth-order valence-electron chi connectivity index (χ4n) is 5.62. The molecule has 192 valence electrons. The van der Waals surface area contributed by atoms with E-state index in [0.717, 1.165) is 30.9 Å². The zero-order chi connectivity index (χ0) is 24.9. The van der Waals surface area contributed by atoms with E-state index in [0.29, 0.717) is 52.4 Å². The molecule has 0 radical (unpaired) electrons. The third-order valence-electron chi connectivity index (χ3n) is 7.62. The third kappa shape index (κ3) is 5.50. The summed E-state index contributed by atoms with van der Waals surface area (Å²) < 4.78 is 10.9. The fraction of sp³-hybridized carbons (Fsp3) is 0.500. The largest absolute Gasteiger partial charge is 0.497 e. The molecular formula is C28H36N4O4. The molecule has 5 rings (SSSR count). The maximum atomic E-state index is 13.5. The van der Waals surface area contributed by atoms with E-state index in [1.54, 1.807) is 7.11 Å². The number of carbonyl (C=O) groups is 2. The van der Waals surface area contributed by atoms with Gasteiger partial charge in [0.05, 0.1) is 38.8 Å². The molecule has 0 aromatic heterocycles. The fourth-order valence-corrected chi connectivity index (χ4v) is 5.62. The molecule has 2 amide bonds. The van der Waals surface area contributed by atoms with Crippen LogP contribution >= 0.6 is 0 Å². The van der Waals surface area contributed by atoms with Crippen molar-refractivity contribution in [3.8, 4) is 5.75 Å². The molecule has 2 fully saturated rings. The zero-order valence-electron chi connectivity index (χ0n) is 21.0. The molecule has 0 aliphatic carbocycles. The van der Waals surface area contributed by atoms with Crippen LogP contribution in [0.5, 0.6) is 5.75 Å². The number of anilines is 1. The van der Waals surface area contributed by atoms with Crippen LogP contribution in [0.1, 0.15) is 11.1 Å². The van der Waals surface area contributed by atoms with Gasteiger partial charge in [-0.25, -0.2) is 0 Å². The Labute approximate surface area is 213 Å². The van der Waals surface area contributed by atoms with Crippen LogP contribution in [0, 0.1) is 5.92 Å². The van der Waals surface area contributed by atoms with Crippen LogP contribution in [0.25, 0.3) is 0 Å². The molecule has 0 spiro atoms. The van der Waals surface area contributed by atoms with Gasteiger partial charge in [-0.15, -0.1) is 0 Å². The van der Waals surface area contributed by atoms with Crippen molar-refractivity contribution in [1.29, 1.82) is 0 Å². The molecule has 3 heterocycles. The van der Waals surface area contributed by atoms with Crippen molar-refractivity contribution in [3.05, 3.63) is 59.7 Å². The Morgan fingerprint density at radius 2 is 1.86 bits per heavy atom. The molecular weight excluding hydrogens is 456 g/mol. The number of nitrogens with one attached hydrogen (secondary N) is 1. The van der Waals surface area contributed by atoms with Crippen molar-refractivity contribution in [2.75, 3.05) is 71.0 Å². The number of nitrogens with zero attached hydrogens (tertiary/aromatic N) is 3. The molecule has 2 aromatic rings. The highest BCUT2D eigenvalue weighted by Crippen LogP contribution is 2.38. The first-order valence-corrected chi connectivity index (χ1v) is 13.0. The Bertz CT molecular complexity index is 1060. The van der Waals surface area contributed by atoms with Gasteiger partial charge in [0.2, 0.25) is 11.8 Å². The summed E-state index contributed by atoms with van der Waals surface area (Å²) in [4.78, 5) is 32.9. The number of hydrogen-bond acceptors (Lipinski definition) is 6. The minimum atomic E-state index is -0.178. The van der Waals surface area contributed by atoms with E-state index in [1.165, 1.54) is 11.1 Å². The van der Waals surface area contributed by atoms with Crippen LogP contribution in [-0.2, 0) is 27.2 Å². The molecule has 0 saturated carbocycles. The van der Waals surface area contributed by atoms with Crippen molar-refractivity contribution >= 4 is 17.5 Å². The lowest BCUT2D eigenvalue weighted by atomic mass is 9.83. The molecule has 1 N–H and O–H groups in total. The van der Waals surface area contributed by atoms with E-state index in [2.05, 4.69) is 39.4 Å². The van der Waals surface area contributed by atoms with E-state index in [-0.39, 0.29) is 23.8 Å². The number of fused-ring (bicyclic) bond motifs is 3. The summed E-state index contributed by atoms with van der Waals surface area (Å²) in [6.07, 6.45) is 1.49. The molecule has 8 heteroatoms. The highest BCUT2D eigenvalue weighted by molar-refractivity contribution is 5.82. The highest BCUT2D eigenvalue weighted by Gasteiger charge is 2.42. The van der Waals surface area contributed by atoms with Gasteiger partial charge in [-0.2, -0.15) is 0 Å². The quantitative estimate of drug-likeness (QED) is 0.633. The first kappa shape index (κ1) is 24.6. The van der Waals surface area contributed by atoms with Crippen molar-refractivity contribution in [2.45, 2.75) is 18.9 Å². The Balaban J connectivity index is 1.29. The van der Waals surface area contributed by atoms with Crippen molar-refractivity contribution in [1.82, 2.24) is 15.1 Å². The number of amides is 2. The van der Waals surface area contributed by atoms with Crippen molar-refractivity contribution in [2.24, 2.45) is 5.92 Å². The lowest BCUT2D eigenvalue weighted by molar-refractivity contribution is -0.136. The van der Waals surface area contributed by atoms with Crippen molar-refractivity contribution < 1.29 is 19.1 Å². The molecule has 0 bridgehead atoms. The summed E-state index contributed by atoms with van der Waals surface area (Å²) in [7, 11) is 1.68. The van der Waals surface area contributed by atoms with Crippen LogP contribution in [0.15, 0.2) is 48.5 Å². The van der Waals surface area contributed by atoms with E-state index < -0.39 is 0 Å². The molecule has 0 unspecified atom stereocenters. The smallest absolute Gasteiger partial charge is 0.236 e. The van der Waals surface area contributed by atoms with E-state index in [4.69, 9.17) is 9.47 Å². The van der Waals surface area contributed by atoms with Gasteiger partial charge in [-0.3, -0.25) is 14.5 Å². The molecule has 2 saturated heterocycles.